The molecule has 0 fully saturated rings. The van der Waals surface area contributed by atoms with Gasteiger partial charge in [-0.05, 0) is 25.2 Å². The number of hydrogen-bond donors (Lipinski definition) is 0. The minimum absolute atomic E-state index is 0.0982. The zero-order valence-corrected chi connectivity index (χ0v) is 22.4. The molecular weight excluding hydrogens is 382 g/mol. The Hall–Kier alpha value is 0.700. The maximum atomic E-state index is 2.71. The summed E-state index contributed by atoms with van der Waals surface area (Å²) in [6.07, 6.45) is 8.38. The van der Waals surface area contributed by atoms with E-state index in [0.717, 1.165) is 0 Å². The highest BCUT2D eigenvalue weighted by Crippen LogP contribution is 2.46. The van der Waals surface area contributed by atoms with Gasteiger partial charge in [-0.25, -0.2) is 0 Å². The molecule has 0 aliphatic carbocycles. The molecule has 0 heterocycles. The summed E-state index contributed by atoms with van der Waals surface area (Å²) in [7, 11) is -0.196. The van der Waals surface area contributed by atoms with Crippen molar-refractivity contribution in [3.63, 3.8) is 0 Å². The predicted molar refractivity (Wildman–Crippen MR) is 134 cm³/mol. The second-order valence-corrected chi connectivity index (χ2v) is 11.8. The Bertz CT molecular complexity index is 274. The molecule has 0 aliphatic heterocycles. The fourth-order valence-corrected chi connectivity index (χ4v) is 9.46. The first-order chi connectivity index (χ1) is 13.6. The van der Waals surface area contributed by atoms with Crippen LogP contribution in [0.25, 0.3) is 0 Å². The van der Waals surface area contributed by atoms with Gasteiger partial charge in [0.2, 0.25) is 0 Å². The van der Waals surface area contributed by atoms with Gasteiger partial charge in [0.05, 0.1) is 0 Å². The van der Waals surface area contributed by atoms with Gasteiger partial charge in [-0.1, -0.05) is 68.2 Å². The molecule has 0 aliphatic rings. The Morgan fingerprint density at radius 1 is 0.357 bits per heavy atom. The molecule has 0 saturated carbocycles. The lowest BCUT2D eigenvalue weighted by atomic mass is 10.2. The highest BCUT2D eigenvalue weighted by atomic mass is 31.1. The molecule has 0 unspecified atom stereocenters. The largest absolute Gasteiger partial charge is 0.270 e. The molecule has 0 spiro atoms. The van der Waals surface area contributed by atoms with Gasteiger partial charge in [0.25, 0.3) is 0 Å². The third-order valence-electron chi connectivity index (χ3n) is 5.69. The Balaban J connectivity index is 4.49. The molecule has 0 aromatic carbocycles. The molecule has 0 rings (SSSR count). The van der Waals surface area contributed by atoms with Crippen LogP contribution in [0.4, 0.5) is 0 Å². The number of unbranched alkanes of at least 4 members (excludes halogenated alkanes) is 3. The van der Waals surface area contributed by atoms with E-state index < -0.39 is 0 Å². The van der Waals surface area contributed by atoms with Crippen LogP contribution in [0.5, 0.6) is 0 Å². The standard InChI is InChI=1S/C22H52N4P2/c1-9-23(10-2)27(24(11-3)12-4)21-19-17-18-20-22-28(25(13-5)14-6)26(15-7)16-8/h9-22H2,1-8H3. The maximum Gasteiger partial charge on any atom is 0.0394 e. The smallest absolute Gasteiger partial charge is 0.0394 e. The summed E-state index contributed by atoms with van der Waals surface area (Å²) in [4.78, 5) is 0. The molecule has 170 valence electrons. The van der Waals surface area contributed by atoms with Crippen LogP contribution in [0.3, 0.4) is 0 Å². The van der Waals surface area contributed by atoms with E-state index in [0.29, 0.717) is 0 Å². The first-order valence-electron chi connectivity index (χ1n) is 12.1. The van der Waals surface area contributed by atoms with E-state index in [2.05, 4.69) is 74.1 Å². The van der Waals surface area contributed by atoms with Gasteiger partial charge < -0.3 is 0 Å². The van der Waals surface area contributed by atoms with Crippen molar-refractivity contribution in [1.29, 1.82) is 0 Å². The van der Waals surface area contributed by atoms with Crippen molar-refractivity contribution >= 4 is 16.4 Å². The molecule has 0 aromatic heterocycles. The molecule has 0 atom stereocenters. The van der Waals surface area contributed by atoms with Crippen LogP contribution in [0.2, 0.25) is 0 Å². The van der Waals surface area contributed by atoms with Gasteiger partial charge in [-0.2, -0.15) is 0 Å². The lowest BCUT2D eigenvalue weighted by Gasteiger charge is -2.38. The molecule has 0 amide bonds. The number of hydrogen-bond acceptors (Lipinski definition) is 4. The van der Waals surface area contributed by atoms with Crippen LogP contribution in [0.15, 0.2) is 0 Å². The van der Waals surface area contributed by atoms with Crippen molar-refractivity contribution in [3.8, 4) is 0 Å². The van der Waals surface area contributed by atoms with Crippen molar-refractivity contribution < 1.29 is 0 Å². The molecule has 4 nitrogen and oxygen atoms in total. The minimum Gasteiger partial charge on any atom is -0.270 e. The number of rotatable bonds is 19. The second kappa shape index (κ2) is 18.5. The fourth-order valence-electron chi connectivity index (χ4n) is 3.98. The van der Waals surface area contributed by atoms with Crippen molar-refractivity contribution in [3.05, 3.63) is 0 Å². The van der Waals surface area contributed by atoms with E-state index >= 15 is 0 Å². The van der Waals surface area contributed by atoms with Crippen molar-refractivity contribution in [2.45, 2.75) is 81.1 Å². The van der Waals surface area contributed by atoms with E-state index in [4.69, 9.17) is 0 Å². The minimum atomic E-state index is -0.0982. The van der Waals surface area contributed by atoms with Crippen LogP contribution in [-0.2, 0) is 0 Å². The average Bonchev–Trinajstić information content (AvgIpc) is 2.72. The molecular formula is C22H52N4P2. The van der Waals surface area contributed by atoms with Gasteiger partial charge >= 0.3 is 0 Å². The molecule has 6 heteroatoms. The SMILES string of the molecule is CCN(CC)P(CCCCCCP(N(CC)CC)N(CC)CC)N(CC)CC. The van der Waals surface area contributed by atoms with Crippen molar-refractivity contribution in [2.24, 2.45) is 0 Å². The molecule has 0 saturated heterocycles. The van der Waals surface area contributed by atoms with Crippen LogP contribution in [0.1, 0.15) is 81.1 Å². The van der Waals surface area contributed by atoms with E-state index in [-0.39, 0.29) is 16.4 Å². The summed E-state index contributed by atoms with van der Waals surface area (Å²) in [6, 6.07) is 0. The summed E-state index contributed by atoms with van der Waals surface area (Å²) in [5.41, 5.74) is 0. The van der Waals surface area contributed by atoms with Gasteiger partial charge in [-0.3, -0.25) is 18.7 Å². The van der Waals surface area contributed by atoms with Gasteiger partial charge in [-0.15, -0.1) is 0 Å². The van der Waals surface area contributed by atoms with E-state index in [1.54, 1.807) is 0 Å². The average molecular weight is 435 g/mol. The number of nitrogens with zero attached hydrogens (tertiary/aromatic N) is 4. The molecule has 0 bridgehead atoms. The van der Waals surface area contributed by atoms with Crippen molar-refractivity contribution in [1.82, 2.24) is 18.7 Å². The quantitative estimate of drug-likeness (QED) is 0.169. The molecule has 0 radical (unpaired) electrons. The molecule has 28 heavy (non-hydrogen) atoms. The Morgan fingerprint density at radius 2 is 0.571 bits per heavy atom. The maximum absolute atomic E-state index is 2.71. The van der Waals surface area contributed by atoms with E-state index in [1.807, 2.05) is 0 Å². The highest BCUT2D eigenvalue weighted by molar-refractivity contribution is 7.52. The molecule has 0 aromatic rings. The normalized spacial score (nSPS) is 12.6. The first kappa shape index (κ1) is 28.7. The zero-order valence-electron chi connectivity index (χ0n) is 20.6. The predicted octanol–water partition coefficient (Wildman–Crippen LogP) is 6.54. The van der Waals surface area contributed by atoms with Gasteiger partial charge in [0.15, 0.2) is 0 Å². The fraction of sp³-hybridized carbons (Fsp3) is 1.00. The topological polar surface area (TPSA) is 13.0 Å². The third-order valence-corrected chi connectivity index (χ3v) is 12.0. The van der Waals surface area contributed by atoms with E-state index in [1.165, 1.54) is 90.4 Å². The Labute approximate surface area is 181 Å². The summed E-state index contributed by atoms with van der Waals surface area (Å²) >= 11 is 0. The van der Waals surface area contributed by atoms with Crippen LogP contribution >= 0.6 is 16.4 Å². The van der Waals surface area contributed by atoms with Crippen LogP contribution < -0.4 is 0 Å². The first-order valence-corrected chi connectivity index (χ1v) is 15.0. The lowest BCUT2D eigenvalue weighted by Crippen LogP contribution is -2.30. The summed E-state index contributed by atoms with van der Waals surface area (Å²) in [5.74, 6) is 0. The summed E-state index contributed by atoms with van der Waals surface area (Å²) < 4.78 is 10.8. The summed E-state index contributed by atoms with van der Waals surface area (Å²) in [6.45, 7) is 28.1. The van der Waals surface area contributed by atoms with Crippen LogP contribution in [-0.4, -0.2) is 83.4 Å². The zero-order chi connectivity index (χ0) is 21.4. The molecule has 0 N–H and O–H groups in total. The van der Waals surface area contributed by atoms with Gasteiger partial charge in [0, 0.05) is 68.8 Å². The lowest BCUT2D eigenvalue weighted by molar-refractivity contribution is 0.419. The monoisotopic (exact) mass is 434 g/mol. The van der Waals surface area contributed by atoms with E-state index in [9.17, 15) is 0 Å². The Morgan fingerprint density at radius 3 is 0.750 bits per heavy atom. The third kappa shape index (κ3) is 10.1. The van der Waals surface area contributed by atoms with Gasteiger partial charge in [0.1, 0.15) is 0 Å². The van der Waals surface area contributed by atoms with Crippen molar-refractivity contribution in [2.75, 3.05) is 64.7 Å². The summed E-state index contributed by atoms with van der Waals surface area (Å²) in [5, 5.41) is 0. The highest BCUT2D eigenvalue weighted by Gasteiger charge is 2.22. The second-order valence-electron chi connectivity index (χ2n) is 7.16. The van der Waals surface area contributed by atoms with Crippen LogP contribution in [0, 0.1) is 0 Å². The Kier molecular flexibility index (Phi) is 18.9.